The van der Waals surface area contributed by atoms with Crippen molar-refractivity contribution in [1.29, 1.82) is 0 Å². The number of furan rings is 2. The Bertz CT molecular complexity index is 3620. The van der Waals surface area contributed by atoms with Crippen molar-refractivity contribution >= 4 is 30.7 Å². The smallest absolute Gasteiger partial charge is 0.204 e. The number of aryl methyl sites for hydroxylation is 2. The monoisotopic (exact) mass is 1070 g/mol. The predicted molar refractivity (Wildman–Crippen MR) is 278 cm³/mol. The second-order valence-electron chi connectivity index (χ2n) is 17.6. The lowest BCUT2D eigenvalue weighted by molar-refractivity contribution is 0.173. The summed E-state index contributed by atoms with van der Waals surface area (Å²) in [6.07, 6.45) is 3.90. The minimum Gasteiger partial charge on any atom is -0.494 e. The van der Waals surface area contributed by atoms with Crippen LogP contribution in [0.1, 0.15) is 60.6 Å². The number of para-hydroxylation sites is 2. The molecule has 0 amide bonds. The van der Waals surface area contributed by atoms with Crippen molar-refractivity contribution in [1.82, 2.24) is 48.3 Å². The first-order valence-corrected chi connectivity index (χ1v) is 27.0. The van der Waals surface area contributed by atoms with Crippen LogP contribution in [-0.2, 0) is 31.2 Å². The van der Waals surface area contributed by atoms with Crippen molar-refractivity contribution in [3.63, 3.8) is 0 Å². The molecule has 8 heterocycles. The fourth-order valence-corrected chi connectivity index (χ4v) is 11.3. The van der Waals surface area contributed by atoms with E-state index in [-0.39, 0.29) is 34.7 Å². The number of hydrogen-bond acceptors (Lipinski definition) is 18. The highest BCUT2D eigenvalue weighted by Gasteiger charge is 2.37. The standard InChI is InChI=1S/2C26H27N5O6S/c2*1-16-11-12-21(37-16)26-29-28-22(31(26)24-19(35-3)9-7-10-20(24)36-4)14-38(33,34)17(2)25(32)23-18-8-5-6-13-30(18)15-27-23/h2*5-13,15,17,25,32H,14H2,1-4H3/t2*17-,25+/m10/s1. The van der Waals surface area contributed by atoms with E-state index >= 15 is 0 Å². The Morgan fingerprint density at radius 3 is 1.21 bits per heavy atom. The van der Waals surface area contributed by atoms with Gasteiger partial charge in [0.1, 0.15) is 69.6 Å². The van der Waals surface area contributed by atoms with E-state index < -0.39 is 53.9 Å². The van der Waals surface area contributed by atoms with Crippen molar-refractivity contribution in [2.24, 2.45) is 0 Å². The lowest BCUT2D eigenvalue weighted by Gasteiger charge is -2.20. The van der Waals surface area contributed by atoms with E-state index in [4.69, 9.17) is 27.8 Å². The number of fused-ring (bicyclic) bond motifs is 2. The number of rotatable bonds is 18. The molecular weight excluding hydrogens is 1020 g/mol. The van der Waals surface area contributed by atoms with E-state index in [2.05, 4.69) is 30.4 Å². The molecule has 4 atom stereocenters. The number of aromatic nitrogens is 10. The molecule has 2 N–H and O–H groups in total. The maximum absolute atomic E-state index is 13.7. The van der Waals surface area contributed by atoms with Crippen molar-refractivity contribution in [3.8, 4) is 57.5 Å². The van der Waals surface area contributed by atoms with Crippen LogP contribution < -0.4 is 18.9 Å². The van der Waals surface area contributed by atoms with E-state index in [0.717, 1.165) is 0 Å². The zero-order valence-electron chi connectivity index (χ0n) is 42.5. The van der Waals surface area contributed by atoms with Crippen LogP contribution in [0, 0.1) is 13.8 Å². The van der Waals surface area contributed by atoms with Crippen LogP contribution in [0.3, 0.4) is 0 Å². The summed E-state index contributed by atoms with van der Waals surface area (Å²) in [7, 11) is -1.94. The first-order chi connectivity index (χ1) is 36.5. The highest BCUT2D eigenvalue weighted by atomic mass is 32.2. The van der Waals surface area contributed by atoms with Gasteiger partial charge in [0.25, 0.3) is 0 Å². The molecule has 10 aromatic rings. The van der Waals surface area contributed by atoms with Gasteiger partial charge in [-0.2, -0.15) is 0 Å². The second kappa shape index (κ2) is 21.5. The molecule has 0 bridgehead atoms. The molecule has 10 rings (SSSR count). The van der Waals surface area contributed by atoms with Crippen LogP contribution >= 0.6 is 0 Å². The van der Waals surface area contributed by atoms with Gasteiger partial charge in [-0.25, -0.2) is 26.8 Å². The van der Waals surface area contributed by atoms with Crippen LogP contribution in [0.15, 0.2) is 131 Å². The molecule has 76 heavy (non-hydrogen) atoms. The van der Waals surface area contributed by atoms with E-state index in [1.807, 2.05) is 12.1 Å². The number of ether oxygens (including phenoxy) is 4. The minimum absolute atomic E-state index is 0.102. The first-order valence-electron chi connectivity index (χ1n) is 23.6. The highest BCUT2D eigenvalue weighted by Crippen LogP contribution is 2.40. The molecule has 24 heteroatoms. The fourth-order valence-electron chi connectivity index (χ4n) is 8.67. The number of methoxy groups -OCH3 is 4. The van der Waals surface area contributed by atoms with Crippen LogP contribution in [-0.4, -0.2) is 114 Å². The van der Waals surface area contributed by atoms with Crippen LogP contribution in [0.25, 0.3) is 45.6 Å². The number of nitrogens with zero attached hydrogens (tertiary/aromatic N) is 10. The number of aliphatic hydroxyl groups is 2. The van der Waals surface area contributed by atoms with Gasteiger partial charge in [-0.15, -0.1) is 20.4 Å². The van der Waals surface area contributed by atoms with Crippen molar-refractivity contribution in [2.45, 2.75) is 61.9 Å². The zero-order chi connectivity index (χ0) is 54.1. The number of sulfone groups is 2. The summed E-state index contributed by atoms with van der Waals surface area (Å²) in [5.74, 6) is 3.49. The predicted octanol–water partition coefficient (Wildman–Crippen LogP) is 7.08. The largest absolute Gasteiger partial charge is 0.494 e. The fraction of sp³-hybridized carbons (Fsp3) is 0.269. The topological polar surface area (TPSA) is 268 Å². The van der Waals surface area contributed by atoms with Gasteiger partial charge in [-0.05, 0) is 100 Å². The molecule has 0 aliphatic heterocycles. The van der Waals surface area contributed by atoms with Gasteiger partial charge in [-0.1, -0.05) is 24.3 Å². The molecule has 0 unspecified atom stereocenters. The summed E-state index contributed by atoms with van der Waals surface area (Å²) in [4.78, 5) is 8.53. The molecule has 0 aliphatic carbocycles. The quantitative estimate of drug-likeness (QED) is 0.0869. The summed E-state index contributed by atoms with van der Waals surface area (Å²) < 4.78 is 95.1. The molecule has 22 nitrogen and oxygen atoms in total. The van der Waals surface area contributed by atoms with Gasteiger partial charge < -0.3 is 46.8 Å². The summed E-state index contributed by atoms with van der Waals surface area (Å²) in [5.41, 5.74) is 2.65. The van der Waals surface area contributed by atoms with Gasteiger partial charge in [0.15, 0.2) is 42.8 Å². The van der Waals surface area contributed by atoms with E-state index in [9.17, 15) is 27.0 Å². The Morgan fingerprint density at radius 1 is 0.513 bits per heavy atom. The molecule has 0 saturated carbocycles. The molecule has 2 aromatic carbocycles. The number of pyridine rings is 2. The summed E-state index contributed by atoms with van der Waals surface area (Å²) in [5, 5.41) is 36.8. The number of benzene rings is 2. The Balaban J connectivity index is 0.000000186. The average molecular weight is 1080 g/mol. The SMILES string of the molecule is COc1cccc(OC)c1-n1c(CS(=O)(=O)[C@@H](C)[C@@H](O)c2ncn3ccccc23)nnc1-c1ccc(C)o1.COc1cccc(OC)c1-n1c(CS(=O)(=O)[C@H](C)[C@H](O)c2ncn3ccccc23)nnc1-c1ccc(C)o1. The zero-order valence-corrected chi connectivity index (χ0v) is 44.2. The van der Waals surface area contributed by atoms with Crippen LogP contribution in [0.2, 0.25) is 0 Å². The van der Waals surface area contributed by atoms with E-state index in [0.29, 0.717) is 68.4 Å². The lowest BCUT2D eigenvalue weighted by Crippen LogP contribution is -2.28. The average Bonchev–Trinajstić information content (AvgIpc) is 4.33. The maximum atomic E-state index is 13.7. The molecule has 0 saturated heterocycles. The molecule has 0 aliphatic rings. The first kappa shape index (κ1) is 52.5. The Morgan fingerprint density at radius 2 is 0.882 bits per heavy atom. The van der Waals surface area contributed by atoms with E-state index in [1.165, 1.54) is 54.9 Å². The third kappa shape index (κ3) is 10.0. The molecule has 0 radical (unpaired) electrons. The normalized spacial score (nSPS) is 13.5. The summed E-state index contributed by atoms with van der Waals surface area (Å²) in [6.45, 7) is 6.49. The van der Waals surface area contributed by atoms with Gasteiger partial charge in [-0.3, -0.25) is 9.13 Å². The molecule has 8 aromatic heterocycles. The third-order valence-electron chi connectivity index (χ3n) is 12.8. The molecule has 0 spiro atoms. The second-order valence-corrected chi connectivity index (χ2v) is 22.3. The minimum atomic E-state index is -3.98. The van der Waals surface area contributed by atoms with Crippen molar-refractivity contribution in [3.05, 3.63) is 157 Å². The number of hydrogen-bond donors (Lipinski definition) is 2. The Labute approximate surface area is 436 Å². The highest BCUT2D eigenvalue weighted by molar-refractivity contribution is 7.91. The molecular formula is C52H54N10O12S2. The van der Waals surface area contributed by atoms with Gasteiger partial charge >= 0.3 is 0 Å². The van der Waals surface area contributed by atoms with Gasteiger partial charge in [0, 0.05) is 12.4 Å². The third-order valence-corrected chi connectivity index (χ3v) is 16.9. The van der Waals surface area contributed by atoms with Crippen LogP contribution in [0.4, 0.5) is 0 Å². The molecule has 0 fully saturated rings. The number of imidazole rings is 2. The Hall–Kier alpha value is -8.32. The summed E-state index contributed by atoms with van der Waals surface area (Å²) >= 11 is 0. The van der Waals surface area contributed by atoms with Crippen molar-refractivity contribution < 1.29 is 54.8 Å². The van der Waals surface area contributed by atoms with Crippen LogP contribution in [0.5, 0.6) is 23.0 Å². The van der Waals surface area contributed by atoms with E-state index in [1.54, 1.807) is 129 Å². The lowest BCUT2D eigenvalue weighted by atomic mass is 10.2. The maximum Gasteiger partial charge on any atom is 0.204 e. The van der Waals surface area contributed by atoms with Crippen molar-refractivity contribution in [2.75, 3.05) is 28.4 Å². The van der Waals surface area contributed by atoms with Gasteiger partial charge in [0.05, 0.1) is 74.0 Å². The Kier molecular flexibility index (Phi) is 14.9. The molecule has 396 valence electrons. The summed E-state index contributed by atoms with van der Waals surface area (Å²) in [6, 6.07) is 28.2. The van der Waals surface area contributed by atoms with Gasteiger partial charge in [0.2, 0.25) is 11.6 Å². The number of aliphatic hydroxyl groups excluding tert-OH is 2.